The van der Waals surface area contributed by atoms with Crippen molar-refractivity contribution in [1.29, 1.82) is 5.26 Å². The number of hydrogen-bond acceptors (Lipinski definition) is 2. The zero-order chi connectivity index (χ0) is 10.4. The van der Waals surface area contributed by atoms with Gasteiger partial charge in [-0.25, -0.2) is 4.39 Å². The third-order valence-corrected chi connectivity index (χ3v) is 1.58. The van der Waals surface area contributed by atoms with E-state index in [2.05, 4.69) is 17.2 Å². The molecule has 2 nitrogen and oxygen atoms in total. The molecule has 0 aromatic heterocycles. The topological polar surface area (TPSA) is 35.8 Å². The lowest BCUT2D eigenvalue weighted by Gasteiger charge is -1.94. The van der Waals surface area contributed by atoms with Gasteiger partial charge in [-0.1, -0.05) is 11.8 Å². The average molecular weight is 188 g/mol. The Hall–Kier alpha value is -1.84. The summed E-state index contributed by atoms with van der Waals surface area (Å²) in [7, 11) is 1.76. The van der Waals surface area contributed by atoms with Crippen molar-refractivity contribution in [3.63, 3.8) is 0 Å². The summed E-state index contributed by atoms with van der Waals surface area (Å²) < 4.78 is 13.1. The van der Waals surface area contributed by atoms with Gasteiger partial charge in [0.05, 0.1) is 23.7 Å². The lowest BCUT2D eigenvalue weighted by atomic mass is 10.1. The van der Waals surface area contributed by atoms with Crippen LogP contribution < -0.4 is 5.32 Å². The molecule has 0 aliphatic carbocycles. The van der Waals surface area contributed by atoms with Gasteiger partial charge in [0.25, 0.3) is 0 Å². The molecule has 1 rings (SSSR count). The van der Waals surface area contributed by atoms with Crippen molar-refractivity contribution in [3.05, 3.63) is 35.1 Å². The maximum atomic E-state index is 13.1. The summed E-state index contributed by atoms with van der Waals surface area (Å²) in [6.45, 7) is 0.496. The lowest BCUT2D eigenvalue weighted by molar-refractivity contribution is 0.624. The number of nitrogens with one attached hydrogen (secondary N) is 1. The molecular formula is C11H9FN2. The molecule has 0 atom stereocenters. The van der Waals surface area contributed by atoms with Crippen LogP contribution >= 0.6 is 0 Å². The lowest BCUT2D eigenvalue weighted by Crippen LogP contribution is -2.04. The molecule has 14 heavy (non-hydrogen) atoms. The maximum Gasteiger partial charge on any atom is 0.138 e. The predicted molar refractivity (Wildman–Crippen MR) is 51.9 cm³/mol. The van der Waals surface area contributed by atoms with Gasteiger partial charge in [0.1, 0.15) is 5.82 Å². The molecule has 70 valence electrons. The molecule has 0 aliphatic rings. The standard InChI is InChI=1S/C11H9FN2/c1-14-6-2-3-10-7-9(8-13)4-5-11(10)12/h4-5,7,14H,6H2,1H3. The van der Waals surface area contributed by atoms with Crippen molar-refractivity contribution < 1.29 is 4.39 Å². The zero-order valence-electron chi connectivity index (χ0n) is 7.76. The summed E-state index contributed by atoms with van der Waals surface area (Å²) in [5, 5.41) is 11.4. The number of hydrogen-bond donors (Lipinski definition) is 1. The van der Waals surface area contributed by atoms with Crippen LogP contribution in [0, 0.1) is 29.0 Å². The Morgan fingerprint density at radius 1 is 1.50 bits per heavy atom. The number of halogens is 1. The molecule has 1 aromatic rings. The molecule has 0 radical (unpaired) electrons. The first kappa shape index (κ1) is 10.2. The van der Waals surface area contributed by atoms with Crippen molar-refractivity contribution in [1.82, 2.24) is 5.32 Å². The molecule has 0 bridgehead atoms. The highest BCUT2D eigenvalue weighted by molar-refractivity contribution is 5.42. The van der Waals surface area contributed by atoms with Crippen LogP contribution in [0.25, 0.3) is 0 Å². The highest BCUT2D eigenvalue weighted by Crippen LogP contribution is 2.08. The van der Waals surface area contributed by atoms with E-state index in [1.165, 1.54) is 18.2 Å². The highest BCUT2D eigenvalue weighted by Gasteiger charge is 1.99. The van der Waals surface area contributed by atoms with Gasteiger partial charge in [-0.2, -0.15) is 5.26 Å². The van der Waals surface area contributed by atoms with Crippen LogP contribution in [-0.2, 0) is 0 Å². The second-order valence-corrected chi connectivity index (χ2v) is 2.64. The zero-order valence-corrected chi connectivity index (χ0v) is 7.76. The van der Waals surface area contributed by atoms with Crippen LogP contribution in [0.3, 0.4) is 0 Å². The van der Waals surface area contributed by atoms with E-state index in [1.54, 1.807) is 7.05 Å². The van der Waals surface area contributed by atoms with Crippen molar-refractivity contribution in [3.8, 4) is 17.9 Å². The van der Waals surface area contributed by atoms with Crippen LogP contribution in [0.4, 0.5) is 4.39 Å². The number of benzene rings is 1. The van der Waals surface area contributed by atoms with Gasteiger partial charge in [0, 0.05) is 0 Å². The third kappa shape index (κ3) is 2.58. The summed E-state index contributed by atoms with van der Waals surface area (Å²) in [5.74, 6) is 4.99. The number of nitrogens with zero attached hydrogens (tertiary/aromatic N) is 1. The summed E-state index contributed by atoms with van der Waals surface area (Å²) in [6, 6.07) is 6.06. The Kier molecular flexibility index (Phi) is 3.67. The van der Waals surface area contributed by atoms with Crippen LogP contribution in [0.5, 0.6) is 0 Å². The highest BCUT2D eigenvalue weighted by atomic mass is 19.1. The number of nitriles is 1. The monoisotopic (exact) mass is 188 g/mol. The fourth-order valence-corrected chi connectivity index (χ4v) is 0.918. The smallest absolute Gasteiger partial charge is 0.138 e. The van der Waals surface area contributed by atoms with E-state index < -0.39 is 5.82 Å². The third-order valence-electron chi connectivity index (χ3n) is 1.58. The van der Waals surface area contributed by atoms with Gasteiger partial charge in [-0.3, -0.25) is 0 Å². The second-order valence-electron chi connectivity index (χ2n) is 2.64. The fraction of sp³-hybridized carbons (Fsp3) is 0.182. The normalized spacial score (nSPS) is 8.64. The molecular weight excluding hydrogens is 179 g/mol. The first-order valence-electron chi connectivity index (χ1n) is 4.11. The minimum atomic E-state index is -0.396. The minimum Gasteiger partial charge on any atom is -0.309 e. The van der Waals surface area contributed by atoms with E-state index in [9.17, 15) is 4.39 Å². The molecule has 0 fully saturated rings. The Bertz CT molecular complexity index is 421. The first-order chi connectivity index (χ1) is 6.77. The van der Waals surface area contributed by atoms with E-state index in [0.29, 0.717) is 12.1 Å². The Balaban J connectivity index is 2.98. The Labute approximate surface area is 82.4 Å². The molecule has 0 amide bonds. The van der Waals surface area contributed by atoms with E-state index in [1.807, 2.05) is 6.07 Å². The van der Waals surface area contributed by atoms with E-state index in [4.69, 9.17) is 5.26 Å². The van der Waals surface area contributed by atoms with E-state index in [-0.39, 0.29) is 5.56 Å². The molecule has 0 heterocycles. The summed E-state index contributed by atoms with van der Waals surface area (Å²) in [5.41, 5.74) is 0.680. The molecule has 0 spiro atoms. The summed E-state index contributed by atoms with van der Waals surface area (Å²) in [4.78, 5) is 0. The second kappa shape index (κ2) is 5.01. The quantitative estimate of drug-likeness (QED) is 0.673. The SMILES string of the molecule is CNCC#Cc1cc(C#N)ccc1F. The molecule has 0 aliphatic heterocycles. The summed E-state index contributed by atoms with van der Waals surface area (Å²) in [6.07, 6.45) is 0. The van der Waals surface area contributed by atoms with Gasteiger partial charge < -0.3 is 5.32 Å². The first-order valence-corrected chi connectivity index (χ1v) is 4.11. The fourth-order valence-electron chi connectivity index (χ4n) is 0.918. The van der Waals surface area contributed by atoms with Gasteiger partial charge in [-0.05, 0) is 25.2 Å². The summed E-state index contributed by atoms with van der Waals surface area (Å²) >= 11 is 0. The predicted octanol–water partition coefficient (Wildman–Crippen LogP) is 1.27. The van der Waals surface area contributed by atoms with Gasteiger partial charge in [0.15, 0.2) is 0 Å². The van der Waals surface area contributed by atoms with Crippen molar-refractivity contribution >= 4 is 0 Å². The van der Waals surface area contributed by atoms with Gasteiger partial charge in [0.2, 0.25) is 0 Å². The van der Waals surface area contributed by atoms with Crippen molar-refractivity contribution in [2.24, 2.45) is 0 Å². The Morgan fingerprint density at radius 3 is 2.93 bits per heavy atom. The van der Waals surface area contributed by atoms with Gasteiger partial charge >= 0.3 is 0 Å². The average Bonchev–Trinajstić information content (AvgIpc) is 2.21. The molecule has 1 aromatic carbocycles. The van der Waals surface area contributed by atoms with E-state index >= 15 is 0 Å². The maximum absolute atomic E-state index is 13.1. The van der Waals surface area contributed by atoms with Crippen LogP contribution in [0.15, 0.2) is 18.2 Å². The van der Waals surface area contributed by atoms with E-state index in [0.717, 1.165) is 0 Å². The largest absolute Gasteiger partial charge is 0.309 e. The van der Waals surface area contributed by atoms with Crippen molar-refractivity contribution in [2.45, 2.75) is 0 Å². The molecule has 1 N–H and O–H groups in total. The van der Waals surface area contributed by atoms with Crippen LogP contribution in [-0.4, -0.2) is 13.6 Å². The minimum absolute atomic E-state index is 0.263. The Morgan fingerprint density at radius 2 is 2.29 bits per heavy atom. The van der Waals surface area contributed by atoms with Crippen LogP contribution in [0.1, 0.15) is 11.1 Å². The van der Waals surface area contributed by atoms with Crippen molar-refractivity contribution in [2.75, 3.05) is 13.6 Å². The molecule has 3 heteroatoms. The van der Waals surface area contributed by atoms with Crippen LogP contribution in [0.2, 0.25) is 0 Å². The molecule has 0 unspecified atom stereocenters. The van der Waals surface area contributed by atoms with Gasteiger partial charge in [-0.15, -0.1) is 0 Å². The number of rotatable bonds is 1. The molecule has 0 saturated heterocycles. The molecule has 0 saturated carbocycles.